The van der Waals surface area contributed by atoms with E-state index in [9.17, 15) is 14.0 Å². The van der Waals surface area contributed by atoms with Gasteiger partial charge < -0.3 is 25.0 Å². The molecule has 2 rings (SSSR count). The maximum absolute atomic E-state index is 13.1. The normalized spacial score (nSPS) is 11.5. The fraction of sp³-hybridized carbons (Fsp3) is 0.333. The molecule has 172 valence electrons. The zero-order valence-electron chi connectivity index (χ0n) is 19.1. The molecule has 0 aliphatic rings. The Hall–Kier alpha value is -3.55. The van der Waals surface area contributed by atoms with Gasteiger partial charge in [-0.25, -0.2) is 9.18 Å². The van der Waals surface area contributed by atoms with Gasteiger partial charge >= 0.3 is 6.09 Å². The summed E-state index contributed by atoms with van der Waals surface area (Å²) in [7, 11) is 3.85. The maximum Gasteiger partial charge on any atom is 0.407 e. The van der Waals surface area contributed by atoms with Crippen molar-refractivity contribution in [2.24, 2.45) is 0 Å². The lowest BCUT2D eigenvalue weighted by atomic mass is 10.2. The number of amides is 2. The minimum absolute atomic E-state index is 0.0437. The monoisotopic (exact) mass is 443 g/mol. The SMILES string of the molecule is CN(C)c1cccc(NC(=O)c2ccc(OCC(=CF)CNC(=O)OC(C)(C)C)cc2)c1. The van der Waals surface area contributed by atoms with Crippen LogP contribution < -0.4 is 20.3 Å². The molecule has 0 aromatic heterocycles. The van der Waals surface area contributed by atoms with Crippen LogP contribution in [0.25, 0.3) is 0 Å². The number of halogens is 1. The van der Waals surface area contributed by atoms with Crippen LogP contribution in [0.3, 0.4) is 0 Å². The quantitative estimate of drug-likeness (QED) is 0.615. The van der Waals surface area contributed by atoms with Crippen molar-refractivity contribution in [2.75, 3.05) is 37.5 Å². The lowest BCUT2D eigenvalue weighted by Crippen LogP contribution is -2.34. The van der Waals surface area contributed by atoms with Crippen LogP contribution in [0.5, 0.6) is 5.75 Å². The lowest BCUT2D eigenvalue weighted by molar-refractivity contribution is 0.0531. The summed E-state index contributed by atoms with van der Waals surface area (Å²) in [5.74, 6) is 0.214. The van der Waals surface area contributed by atoms with E-state index in [2.05, 4.69) is 10.6 Å². The average molecular weight is 444 g/mol. The zero-order chi connectivity index (χ0) is 23.7. The second kappa shape index (κ2) is 11.2. The van der Waals surface area contributed by atoms with Gasteiger partial charge in [-0.3, -0.25) is 4.79 Å². The summed E-state index contributed by atoms with van der Waals surface area (Å²) in [6.07, 6.45) is -0.246. The molecule has 0 aliphatic carbocycles. The number of carbonyl (C=O) groups excluding carboxylic acids is 2. The molecule has 2 aromatic carbocycles. The number of ether oxygens (including phenoxy) is 2. The summed E-state index contributed by atoms with van der Waals surface area (Å²) in [4.78, 5) is 26.1. The summed E-state index contributed by atoms with van der Waals surface area (Å²) >= 11 is 0. The van der Waals surface area contributed by atoms with Gasteiger partial charge in [-0.1, -0.05) is 6.07 Å². The average Bonchev–Trinajstić information content (AvgIpc) is 2.73. The van der Waals surface area contributed by atoms with Crippen molar-refractivity contribution in [3.05, 3.63) is 66.0 Å². The van der Waals surface area contributed by atoms with Gasteiger partial charge in [0.1, 0.15) is 18.0 Å². The van der Waals surface area contributed by atoms with E-state index in [-0.39, 0.29) is 24.6 Å². The highest BCUT2D eigenvalue weighted by Crippen LogP contribution is 2.19. The van der Waals surface area contributed by atoms with E-state index in [1.165, 1.54) is 0 Å². The van der Waals surface area contributed by atoms with Crippen LogP contribution in [-0.4, -0.2) is 44.8 Å². The maximum atomic E-state index is 13.1. The number of rotatable bonds is 8. The summed E-state index contributed by atoms with van der Waals surface area (Å²) in [6, 6.07) is 14.0. The van der Waals surface area contributed by atoms with Gasteiger partial charge in [0.15, 0.2) is 0 Å². The molecule has 0 bridgehead atoms. The van der Waals surface area contributed by atoms with Crippen molar-refractivity contribution in [1.29, 1.82) is 0 Å². The van der Waals surface area contributed by atoms with Gasteiger partial charge in [-0.2, -0.15) is 0 Å². The predicted octanol–water partition coefficient (Wildman–Crippen LogP) is 4.76. The molecule has 8 heteroatoms. The number of carbonyl (C=O) groups is 2. The molecule has 0 heterocycles. The minimum atomic E-state index is -0.636. The Morgan fingerprint density at radius 3 is 2.38 bits per heavy atom. The van der Waals surface area contributed by atoms with Gasteiger partial charge in [0.25, 0.3) is 5.91 Å². The zero-order valence-corrected chi connectivity index (χ0v) is 19.1. The topological polar surface area (TPSA) is 79.9 Å². The van der Waals surface area contributed by atoms with E-state index in [0.717, 1.165) is 5.69 Å². The Balaban J connectivity index is 1.87. The van der Waals surface area contributed by atoms with Crippen LogP contribution in [0.1, 0.15) is 31.1 Å². The standard InChI is InChI=1S/C24H30FN3O4/c1-24(2,3)32-23(30)26-15-17(14-25)16-31-21-11-9-18(10-12-21)22(29)27-19-7-6-8-20(13-19)28(4)5/h6-14H,15-16H2,1-5H3,(H,26,30)(H,27,29). The third kappa shape index (κ3) is 8.29. The van der Waals surface area contributed by atoms with E-state index >= 15 is 0 Å². The van der Waals surface area contributed by atoms with E-state index in [1.807, 2.05) is 43.3 Å². The Bertz CT molecular complexity index is 950. The van der Waals surface area contributed by atoms with Crippen LogP contribution in [0.2, 0.25) is 0 Å². The highest BCUT2D eigenvalue weighted by Gasteiger charge is 2.16. The Labute approximate surface area is 188 Å². The fourth-order valence-electron chi connectivity index (χ4n) is 2.56. The number of benzene rings is 2. The molecule has 0 saturated heterocycles. The first-order valence-electron chi connectivity index (χ1n) is 10.1. The van der Waals surface area contributed by atoms with Gasteiger partial charge in [0.2, 0.25) is 0 Å². The lowest BCUT2D eigenvalue weighted by Gasteiger charge is -2.20. The highest BCUT2D eigenvalue weighted by molar-refractivity contribution is 6.04. The largest absolute Gasteiger partial charge is 0.489 e. The molecular formula is C24H30FN3O4. The first kappa shape index (κ1) is 24.7. The summed E-state index contributed by atoms with van der Waals surface area (Å²) in [6.45, 7) is 5.12. The third-order valence-electron chi connectivity index (χ3n) is 4.17. The minimum Gasteiger partial charge on any atom is -0.489 e. The molecule has 0 spiro atoms. The molecule has 0 unspecified atom stereocenters. The number of hydrogen-bond acceptors (Lipinski definition) is 5. The molecule has 0 atom stereocenters. The third-order valence-corrected chi connectivity index (χ3v) is 4.17. The molecule has 0 fully saturated rings. The second-order valence-corrected chi connectivity index (χ2v) is 8.33. The number of hydrogen-bond donors (Lipinski definition) is 2. The Morgan fingerprint density at radius 1 is 1.09 bits per heavy atom. The van der Waals surface area contributed by atoms with Gasteiger partial charge in [0.05, 0.1) is 6.33 Å². The number of anilines is 2. The van der Waals surface area contributed by atoms with Crippen LogP contribution in [-0.2, 0) is 4.74 Å². The van der Waals surface area contributed by atoms with E-state index in [4.69, 9.17) is 9.47 Å². The van der Waals surface area contributed by atoms with Crippen molar-refractivity contribution in [2.45, 2.75) is 26.4 Å². The Kier molecular flexibility index (Phi) is 8.63. The van der Waals surface area contributed by atoms with E-state index in [0.29, 0.717) is 23.3 Å². The van der Waals surface area contributed by atoms with Crippen LogP contribution in [0.4, 0.5) is 20.6 Å². The Morgan fingerprint density at radius 2 is 1.78 bits per heavy atom. The molecule has 0 saturated carbocycles. The smallest absolute Gasteiger partial charge is 0.407 e. The fourth-order valence-corrected chi connectivity index (χ4v) is 2.56. The summed E-state index contributed by atoms with van der Waals surface area (Å²) in [5.41, 5.74) is 1.73. The van der Waals surface area contributed by atoms with E-state index in [1.54, 1.807) is 45.0 Å². The van der Waals surface area contributed by atoms with E-state index < -0.39 is 11.7 Å². The van der Waals surface area contributed by atoms with Crippen molar-refractivity contribution in [3.63, 3.8) is 0 Å². The molecule has 7 nitrogen and oxygen atoms in total. The van der Waals surface area contributed by atoms with Crippen LogP contribution in [0, 0.1) is 0 Å². The molecule has 2 amide bonds. The number of nitrogens with zero attached hydrogens (tertiary/aromatic N) is 1. The molecule has 0 radical (unpaired) electrons. The van der Waals surface area contributed by atoms with Crippen molar-refractivity contribution >= 4 is 23.4 Å². The van der Waals surface area contributed by atoms with Gasteiger partial charge in [-0.15, -0.1) is 0 Å². The van der Waals surface area contributed by atoms with Gasteiger partial charge in [0, 0.05) is 43.2 Å². The number of nitrogens with one attached hydrogen (secondary N) is 2. The number of alkyl carbamates (subject to hydrolysis) is 1. The van der Waals surface area contributed by atoms with Crippen LogP contribution in [0.15, 0.2) is 60.4 Å². The van der Waals surface area contributed by atoms with Crippen molar-refractivity contribution in [3.8, 4) is 5.75 Å². The first-order valence-corrected chi connectivity index (χ1v) is 10.1. The van der Waals surface area contributed by atoms with Crippen LogP contribution >= 0.6 is 0 Å². The summed E-state index contributed by atoms with van der Waals surface area (Å²) in [5, 5.41) is 5.34. The molecular weight excluding hydrogens is 413 g/mol. The predicted molar refractivity (Wildman–Crippen MR) is 124 cm³/mol. The van der Waals surface area contributed by atoms with Crippen molar-refractivity contribution < 1.29 is 23.5 Å². The second-order valence-electron chi connectivity index (χ2n) is 8.33. The molecule has 2 N–H and O–H groups in total. The molecule has 0 aliphatic heterocycles. The summed E-state index contributed by atoms with van der Waals surface area (Å²) < 4.78 is 23.8. The first-order chi connectivity index (χ1) is 15.1. The molecule has 32 heavy (non-hydrogen) atoms. The van der Waals surface area contributed by atoms with Crippen molar-refractivity contribution in [1.82, 2.24) is 5.32 Å². The highest BCUT2D eigenvalue weighted by atomic mass is 19.1. The van der Waals surface area contributed by atoms with Gasteiger partial charge in [-0.05, 0) is 63.2 Å². The molecule has 2 aromatic rings.